The van der Waals surface area contributed by atoms with Crippen molar-refractivity contribution in [1.82, 2.24) is 10.2 Å². The van der Waals surface area contributed by atoms with Gasteiger partial charge in [-0.3, -0.25) is 14.4 Å². The highest BCUT2D eigenvalue weighted by Gasteiger charge is 2.63. The van der Waals surface area contributed by atoms with Gasteiger partial charge < -0.3 is 15.5 Å². The molecule has 6 heteroatoms. The lowest BCUT2D eigenvalue weighted by Gasteiger charge is -2.39. The second-order valence-electron chi connectivity index (χ2n) is 8.85. The van der Waals surface area contributed by atoms with E-state index in [2.05, 4.69) is 10.6 Å². The zero-order chi connectivity index (χ0) is 23.0. The number of fused-ring (bicyclic) bond motifs is 7. The summed E-state index contributed by atoms with van der Waals surface area (Å²) in [4.78, 5) is 44.3. The maximum absolute atomic E-state index is 14.2. The van der Waals surface area contributed by atoms with Crippen LogP contribution in [0, 0.1) is 0 Å². The molecule has 1 fully saturated rings. The molecule has 7 rings (SSSR count). The van der Waals surface area contributed by atoms with Gasteiger partial charge in [-0.25, -0.2) is 0 Å². The third kappa shape index (κ3) is 2.13. The molecule has 2 N–H and O–H groups in total. The fourth-order valence-corrected chi connectivity index (χ4v) is 5.90. The smallest absolute Gasteiger partial charge is 0.244 e. The predicted octanol–water partition coefficient (Wildman–Crippen LogP) is 3.50. The minimum absolute atomic E-state index is 0.207. The number of para-hydroxylation sites is 1. The van der Waals surface area contributed by atoms with Crippen LogP contribution < -0.4 is 10.6 Å². The Morgan fingerprint density at radius 3 is 2.38 bits per heavy atom. The van der Waals surface area contributed by atoms with Crippen LogP contribution in [0.2, 0.25) is 0 Å². The van der Waals surface area contributed by atoms with Gasteiger partial charge in [-0.2, -0.15) is 0 Å². The Morgan fingerprint density at radius 2 is 1.56 bits per heavy atom. The van der Waals surface area contributed by atoms with Crippen molar-refractivity contribution in [2.24, 2.45) is 0 Å². The van der Waals surface area contributed by atoms with E-state index in [1.54, 1.807) is 30.3 Å². The minimum Gasteiger partial charge on any atom is -0.369 e. The van der Waals surface area contributed by atoms with Gasteiger partial charge in [0.05, 0.1) is 11.3 Å². The number of nitrogens with zero attached hydrogens (tertiary/aromatic N) is 1. The van der Waals surface area contributed by atoms with Crippen molar-refractivity contribution in [1.29, 1.82) is 0 Å². The molecule has 3 aromatic carbocycles. The van der Waals surface area contributed by atoms with E-state index in [1.807, 2.05) is 53.4 Å². The molecule has 1 saturated heterocycles. The van der Waals surface area contributed by atoms with Crippen LogP contribution in [0.5, 0.6) is 0 Å². The number of ketones is 2. The Balaban J connectivity index is 1.62. The van der Waals surface area contributed by atoms with Gasteiger partial charge >= 0.3 is 0 Å². The second kappa shape index (κ2) is 6.54. The predicted molar refractivity (Wildman–Crippen MR) is 127 cm³/mol. The average Bonchev–Trinajstić information content (AvgIpc) is 3.54. The van der Waals surface area contributed by atoms with E-state index in [-0.39, 0.29) is 17.5 Å². The fourth-order valence-electron chi connectivity index (χ4n) is 5.90. The molecule has 1 atom stereocenters. The lowest BCUT2D eigenvalue weighted by molar-refractivity contribution is -0.118. The van der Waals surface area contributed by atoms with E-state index in [9.17, 15) is 14.4 Å². The summed E-state index contributed by atoms with van der Waals surface area (Å²) in [6, 6.07) is 23.7. The minimum atomic E-state index is -1.54. The Labute approximate surface area is 195 Å². The number of carbonyl (C=O) groups is 3. The third-order valence-electron chi connectivity index (χ3n) is 7.23. The van der Waals surface area contributed by atoms with Crippen molar-refractivity contribution in [3.8, 4) is 0 Å². The molecule has 0 aromatic heterocycles. The zero-order valence-corrected chi connectivity index (χ0v) is 18.1. The molecule has 3 aliphatic heterocycles. The molecular formula is C28H19N3O3. The number of hydrogen-bond acceptors (Lipinski definition) is 5. The first-order chi connectivity index (χ1) is 16.6. The number of nitrogens with one attached hydrogen (secondary N) is 2. The lowest BCUT2D eigenvalue weighted by Crippen LogP contribution is -2.48. The largest absolute Gasteiger partial charge is 0.369 e. The molecule has 34 heavy (non-hydrogen) atoms. The van der Waals surface area contributed by atoms with Crippen LogP contribution >= 0.6 is 0 Å². The van der Waals surface area contributed by atoms with Crippen LogP contribution in [0.3, 0.4) is 0 Å². The van der Waals surface area contributed by atoms with Crippen LogP contribution in [0.25, 0.3) is 5.70 Å². The molecule has 4 aliphatic rings. The van der Waals surface area contributed by atoms with Gasteiger partial charge in [-0.15, -0.1) is 0 Å². The number of Topliss-reactive ketones (excluding diaryl/α,β-unsaturated/α-hetero) is 2. The number of benzene rings is 3. The Kier molecular flexibility index (Phi) is 3.67. The van der Waals surface area contributed by atoms with Crippen molar-refractivity contribution in [2.45, 2.75) is 5.41 Å². The monoisotopic (exact) mass is 445 g/mol. The number of rotatable bonds is 2. The lowest BCUT2D eigenvalue weighted by atomic mass is 9.64. The summed E-state index contributed by atoms with van der Waals surface area (Å²) in [5, 5.41) is 6.36. The molecule has 6 nitrogen and oxygen atoms in total. The Hall–Kier alpha value is -4.45. The molecular weight excluding hydrogens is 426 g/mol. The van der Waals surface area contributed by atoms with Crippen molar-refractivity contribution < 1.29 is 14.4 Å². The number of amides is 1. The topological polar surface area (TPSA) is 78.5 Å². The van der Waals surface area contributed by atoms with Gasteiger partial charge in [-0.1, -0.05) is 72.8 Å². The third-order valence-corrected chi connectivity index (χ3v) is 7.23. The maximum Gasteiger partial charge on any atom is 0.244 e. The van der Waals surface area contributed by atoms with Gasteiger partial charge in [-0.05, 0) is 6.07 Å². The summed E-state index contributed by atoms with van der Waals surface area (Å²) in [7, 11) is 0. The van der Waals surface area contributed by atoms with Crippen LogP contribution in [0.15, 0.2) is 95.8 Å². The first-order valence-corrected chi connectivity index (χ1v) is 11.3. The van der Waals surface area contributed by atoms with Crippen molar-refractivity contribution in [3.05, 3.63) is 118 Å². The van der Waals surface area contributed by atoms with Crippen molar-refractivity contribution >= 4 is 28.9 Å². The Morgan fingerprint density at radius 1 is 0.853 bits per heavy atom. The van der Waals surface area contributed by atoms with Crippen LogP contribution in [0.1, 0.15) is 31.8 Å². The van der Waals surface area contributed by atoms with Gasteiger partial charge in [0.1, 0.15) is 11.2 Å². The maximum atomic E-state index is 14.2. The molecule has 1 unspecified atom stereocenters. The highest BCUT2D eigenvalue weighted by Crippen LogP contribution is 2.58. The highest BCUT2D eigenvalue weighted by atomic mass is 16.2. The van der Waals surface area contributed by atoms with E-state index >= 15 is 0 Å². The van der Waals surface area contributed by atoms with Crippen molar-refractivity contribution in [2.75, 3.05) is 18.4 Å². The first-order valence-electron chi connectivity index (χ1n) is 11.3. The zero-order valence-electron chi connectivity index (χ0n) is 18.1. The number of hydrogen-bond donors (Lipinski definition) is 2. The molecule has 3 aromatic rings. The Bertz CT molecular complexity index is 1520. The number of carbonyl (C=O) groups excluding carboxylic acids is 3. The fraction of sp³-hybridized carbons (Fsp3) is 0.107. The van der Waals surface area contributed by atoms with Crippen molar-refractivity contribution in [3.63, 3.8) is 0 Å². The molecule has 3 heterocycles. The van der Waals surface area contributed by atoms with Crippen LogP contribution in [0.4, 0.5) is 5.69 Å². The quantitative estimate of drug-likeness (QED) is 0.591. The van der Waals surface area contributed by atoms with Crippen LogP contribution in [-0.2, 0) is 10.2 Å². The molecule has 1 spiro atoms. The van der Waals surface area contributed by atoms with Crippen LogP contribution in [-0.4, -0.2) is 35.5 Å². The van der Waals surface area contributed by atoms with E-state index < -0.39 is 5.41 Å². The van der Waals surface area contributed by atoms with E-state index in [0.29, 0.717) is 52.4 Å². The molecule has 1 aliphatic carbocycles. The van der Waals surface area contributed by atoms with Gasteiger partial charge in [0.15, 0.2) is 11.6 Å². The summed E-state index contributed by atoms with van der Waals surface area (Å²) in [6.07, 6.45) is 0. The SMILES string of the molecule is O=C(C1=C2NCCN2C2=C(C(=O)c3ccccc32)C12C(=O)Nc1ccccc12)c1ccccc1. The number of anilines is 1. The molecule has 0 radical (unpaired) electrons. The summed E-state index contributed by atoms with van der Waals surface area (Å²) >= 11 is 0. The van der Waals surface area contributed by atoms with E-state index in [0.717, 1.165) is 11.3 Å². The van der Waals surface area contributed by atoms with E-state index in [1.165, 1.54) is 0 Å². The molecule has 0 saturated carbocycles. The average molecular weight is 445 g/mol. The first kappa shape index (κ1) is 19.1. The summed E-state index contributed by atoms with van der Waals surface area (Å²) in [6.45, 7) is 1.20. The van der Waals surface area contributed by atoms with Gasteiger partial charge in [0.25, 0.3) is 0 Å². The summed E-state index contributed by atoms with van der Waals surface area (Å²) in [5.41, 5.74) is 2.93. The highest BCUT2D eigenvalue weighted by molar-refractivity contribution is 6.33. The molecule has 164 valence electrons. The summed E-state index contributed by atoms with van der Waals surface area (Å²) < 4.78 is 0. The molecule has 0 bridgehead atoms. The molecule has 1 amide bonds. The summed E-state index contributed by atoms with van der Waals surface area (Å²) in [5.74, 6) is -0.245. The normalized spacial score (nSPS) is 21.8. The van der Waals surface area contributed by atoms with E-state index in [4.69, 9.17) is 0 Å². The van der Waals surface area contributed by atoms with Gasteiger partial charge in [0.2, 0.25) is 5.91 Å². The second-order valence-corrected chi connectivity index (χ2v) is 8.85. The van der Waals surface area contributed by atoms with Gasteiger partial charge in [0, 0.05) is 46.6 Å². The standard InChI is InChI=1S/C28H19N3O3/c32-24(16-8-2-1-3-9-16)22-26-29-14-15-31(26)23-17-10-4-5-11-18(17)25(33)21(23)28(22)19-12-6-7-13-20(19)30-27(28)34/h1-13,29H,14-15H2,(H,30,34).